The molecule has 0 aromatic heterocycles. The fraction of sp³-hybridized carbons (Fsp3) is 0.600. The molecule has 0 radical (unpaired) electrons. The van der Waals surface area contributed by atoms with Crippen LogP contribution in [-0.4, -0.2) is 36.1 Å². The number of thioether (sulfide) groups is 1. The largest absolute Gasteiger partial charge is 0.454 e. The van der Waals surface area contributed by atoms with Crippen molar-refractivity contribution in [2.75, 3.05) is 25.7 Å². The first-order chi connectivity index (χ1) is 9.74. The molecule has 0 aliphatic carbocycles. The summed E-state index contributed by atoms with van der Waals surface area (Å²) in [4.78, 5) is 0. The summed E-state index contributed by atoms with van der Waals surface area (Å²) in [5.74, 6) is 2.58. The Kier molecular flexibility index (Phi) is 6.01. The van der Waals surface area contributed by atoms with Crippen molar-refractivity contribution < 1.29 is 14.6 Å². The molecule has 2 atom stereocenters. The maximum absolute atomic E-state index is 9.14. The van der Waals surface area contributed by atoms with Crippen LogP contribution >= 0.6 is 11.8 Å². The minimum atomic E-state index is 0.215. The van der Waals surface area contributed by atoms with Gasteiger partial charge in [-0.3, -0.25) is 0 Å². The normalized spacial score (nSPS) is 16.1. The molecule has 1 aliphatic heterocycles. The Hall–Kier alpha value is -0.910. The number of fused-ring (bicyclic) bond motifs is 1. The summed E-state index contributed by atoms with van der Waals surface area (Å²) >= 11 is 1.78. The number of hydrogen-bond acceptors (Lipinski definition) is 5. The molecular weight excluding hydrogens is 274 g/mol. The number of benzene rings is 1. The number of nitrogens with one attached hydrogen (secondary N) is 1. The third-order valence-corrected chi connectivity index (χ3v) is 4.49. The molecular formula is C15H23NO3S. The standard InChI is InChI=1S/C15H23NO3S/c1-3-6-16-13(9-20-11(2)8-17)12-4-5-14-15(7-12)19-10-18-14/h4-5,7,11,13,16-17H,3,6,8-10H2,1-2H3. The Morgan fingerprint density at radius 2 is 2.15 bits per heavy atom. The Bertz CT molecular complexity index is 428. The lowest BCUT2D eigenvalue weighted by atomic mass is 10.1. The van der Waals surface area contributed by atoms with Gasteiger partial charge in [-0.05, 0) is 30.7 Å². The van der Waals surface area contributed by atoms with Crippen LogP contribution in [0.2, 0.25) is 0 Å². The molecule has 2 N–H and O–H groups in total. The van der Waals surface area contributed by atoms with E-state index in [2.05, 4.69) is 24.4 Å². The van der Waals surface area contributed by atoms with E-state index in [1.54, 1.807) is 11.8 Å². The molecule has 1 aliphatic rings. The molecule has 2 rings (SSSR count). The first-order valence-corrected chi connectivity index (χ1v) is 8.14. The first kappa shape index (κ1) is 15.5. The summed E-state index contributed by atoms with van der Waals surface area (Å²) in [7, 11) is 0. The van der Waals surface area contributed by atoms with E-state index < -0.39 is 0 Å². The molecule has 1 aromatic carbocycles. The Morgan fingerprint density at radius 1 is 1.35 bits per heavy atom. The van der Waals surface area contributed by atoms with Crippen LogP contribution < -0.4 is 14.8 Å². The van der Waals surface area contributed by atoms with E-state index in [9.17, 15) is 0 Å². The quantitative estimate of drug-likeness (QED) is 0.772. The predicted octanol–water partition coefficient (Wildman–Crippen LogP) is 2.57. The predicted molar refractivity (Wildman–Crippen MR) is 82.6 cm³/mol. The van der Waals surface area contributed by atoms with Gasteiger partial charge in [0.25, 0.3) is 0 Å². The second-order valence-electron chi connectivity index (χ2n) is 4.95. The lowest BCUT2D eigenvalue weighted by molar-refractivity contribution is 0.174. The first-order valence-electron chi connectivity index (χ1n) is 7.10. The summed E-state index contributed by atoms with van der Waals surface area (Å²) in [6.45, 7) is 5.70. The van der Waals surface area contributed by atoms with E-state index in [4.69, 9.17) is 14.6 Å². The van der Waals surface area contributed by atoms with Gasteiger partial charge < -0.3 is 19.9 Å². The summed E-state index contributed by atoms with van der Waals surface area (Å²) in [5, 5.41) is 13.0. The lowest BCUT2D eigenvalue weighted by Crippen LogP contribution is -2.25. The van der Waals surface area contributed by atoms with Gasteiger partial charge in [0.05, 0.1) is 6.61 Å². The van der Waals surface area contributed by atoms with Gasteiger partial charge in [-0.25, -0.2) is 0 Å². The second-order valence-corrected chi connectivity index (χ2v) is 6.42. The molecule has 0 saturated heterocycles. The van der Waals surface area contributed by atoms with Gasteiger partial charge in [-0.15, -0.1) is 0 Å². The summed E-state index contributed by atoms with van der Waals surface area (Å²) in [5.41, 5.74) is 1.21. The Morgan fingerprint density at radius 3 is 2.90 bits per heavy atom. The molecule has 5 heteroatoms. The van der Waals surface area contributed by atoms with Crippen molar-refractivity contribution in [3.63, 3.8) is 0 Å². The third kappa shape index (κ3) is 4.04. The van der Waals surface area contributed by atoms with Gasteiger partial charge in [-0.1, -0.05) is 19.9 Å². The summed E-state index contributed by atoms with van der Waals surface area (Å²) in [6, 6.07) is 6.38. The zero-order chi connectivity index (χ0) is 14.4. The summed E-state index contributed by atoms with van der Waals surface area (Å²) in [6.07, 6.45) is 1.10. The highest BCUT2D eigenvalue weighted by atomic mass is 32.2. The van der Waals surface area contributed by atoms with Gasteiger partial charge in [0.2, 0.25) is 6.79 Å². The minimum absolute atomic E-state index is 0.215. The Labute approximate surface area is 124 Å². The molecule has 112 valence electrons. The minimum Gasteiger partial charge on any atom is -0.454 e. The molecule has 0 bridgehead atoms. The number of aliphatic hydroxyl groups is 1. The molecule has 1 heterocycles. The van der Waals surface area contributed by atoms with Gasteiger partial charge in [0, 0.05) is 17.0 Å². The molecule has 0 fully saturated rings. The van der Waals surface area contributed by atoms with Crippen LogP contribution in [0.1, 0.15) is 31.9 Å². The van der Waals surface area contributed by atoms with Crippen molar-refractivity contribution in [1.29, 1.82) is 0 Å². The van der Waals surface area contributed by atoms with Crippen LogP contribution in [-0.2, 0) is 0 Å². The van der Waals surface area contributed by atoms with Crippen molar-refractivity contribution in [1.82, 2.24) is 5.32 Å². The highest BCUT2D eigenvalue weighted by molar-refractivity contribution is 7.99. The lowest BCUT2D eigenvalue weighted by Gasteiger charge is -2.20. The number of hydrogen-bond donors (Lipinski definition) is 2. The van der Waals surface area contributed by atoms with Crippen molar-refractivity contribution in [2.24, 2.45) is 0 Å². The van der Waals surface area contributed by atoms with Crippen LogP contribution in [0, 0.1) is 0 Å². The molecule has 20 heavy (non-hydrogen) atoms. The summed E-state index contributed by atoms with van der Waals surface area (Å²) < 4.78 is 10.8. The Balaban J connectivity index is 2.04. The number of rotatable bonds is 8. The van der Waals surface area contributed by atoms with Crippen LogP contribution in [0.25, 0.3) is 0 Å². The van der Waals surface area contributed by atoms with E-state index in [0.29, 0.717) is 6.79 Å². The molecule has 1 aromatic rings. The van der Waals surface area contributed by atoms with E-state index in [0.717, 1.165) is 30.2 Å². The highest BCUT2D eigenvalue weighted by Gasteiger charge is 2.18. The van der Waals surface area contributed by atoms with Crippen molar-refractivity contribution >= 4 is 11.8 Å². The number of ether oxygens (including phenoxy) is 2. The monoisotopic (exact) mass is 297 g/mol. The van der Waals surface area contributed by atoms with E-state index >= 15 is 0 Å². The SMILES string of the molecule is CCCNC(CSC(C)CO)c1ccc2c(c1)OCO2. The smallest absolute Gasteiger partial charge is 0.231 e. The topological polar surface area (TPSA) is 50.7 Å². The van der Waals surface area contributed by atoms with E-state index in [1.165, 1.54) is 5.56 Å². The second kappa shape index (κ2) is 7.76. The number of aliphatic hydroxyl groups excluding tert-OH is 1. The van der Waals surface area contributed by atoms with Gasteiger partial charge in [-0.2, -0.15) is 11.8 Å². The van der Waals surface area contributed by atoms with Gasteiger partial charge in [0.15, 0.2) is 11.5 Å². The average Bonchev–Trinajstić information content (AvgIpc) is 2.94. The maximum Gasteiger partial charge on any atom is 0.231 e. The van der Waals surface area contributed by atoms with E-state index in [-0.39, 0.29) is 17.9 Å². The molecule has 2 unspecified atom stereocenters. The van der Waals surface area contributed by atoms with Gasteiger partial charge in [0.1, 0.15) is 0 Å². The van der Waals surface area contributed by atoms with Crippen molar-refractivity contribution in [3.05, 3.63) is 23.8 Å². The van der Waals surface area contributed by atoms with E-state index in [1.807, 2.05) is 13.0 Å². The molecule has 0 saturated carbocycles. The van der Waals surface area contributed by atoms with Crippen LogP contribution in [0.3, 0.4) is 0 Å². The van der Waals surface area contributed by atoms with Crippen LogP contribution in [0.5, 0.6) is 11.5 Å². The molecule has 4 nitrogen and oxygen atoms in total. The fourth-order valence-corrected chi connectivity index (χ4v) is 2.97. The van der Waals surface area contributed by atoms with Crippen LogP contribution in [0.4, 0.5) is 0 Å². The van der Waals surface area contributed by atoms with Gasteiger partial charge >= 0.3 is 0 Å². The maximum atomic E-state index is 9.14. The van der Waals surface area contributed by atoms with Crippen molar-refractivity contribution in [2.45, 2.75) is 31.6 Å². The zero-order valence-electron chi connectivity index (χ0n) is 12.1. The molecule has 0 spiro atoms. The highest BCUT2D eigenvalue weighted by Crippen LogP contribution is 2.35. The fourth-order valence-electron chi connectivity index (χ4n) is 2.03. The zero-order valence-corrected chi connectivity index (χ0v) is 12.9. The van der Waals surface area contributed by atoms with Crippen LogP contribution in [0.15, 0.2) is 18.2 Å². The average molecular weight is 297 g/mol. The van der Waals surface area contributed by atoms with Crippen molar-refractivity contribution in [3.8, 4) is 11.5 Å². The molecule has 0 amide bonds. The third-order valence-electron chi connectivity index (χ3n) is 3.24.